The van der Waals surface area contributed by atoms with Crippen LogP contribution in [0.1, 0.15) is 69.0 Å². The monoisotopic (exact) mass is 620 g/mol. The molecule has 4 aromatic rings. The second kappa shape index (κ2) is 9.05. The summed E-state index contributed by atoms with van der Waals surface area (Å²) in [6.45, 7) is 14.8. The number of rotatable bonds is 5. The first-order chi connectivity index (χ1) is 20.5. The highest BCUT2D eigenvalue weighted by Crippen LogP contribution is 2.94. The topological polar surface area (TPSA) is 97.0 Å². The van der Waals surface area contributed by atoms with E-state index in [9.17, 15) is 4.79 Å². The molecule has 0 spiro atoms. The molecule has 13 heteroatoms. The van der Waals surface area contributed by atoms with Crippen LogP contribution in [0.2, 0.25) is 10.3 Å². The van der Waals surface area contributed by atoms with Crippen molar-refractivity contribution >= 4 is 18.7 Å². The quantitative estimate of drug-likeness (QED) is 0.256. The van der Waals surface area contributed by atoms with E-state index in [4.69, 9.17) is 20.9 Å². The molecule has 228 valence electrons. The van der Waals surface area contributed by atoms with Crippen LogP contribution in [0, 0.1) is 39.3 Å². The molecule has 0 atom stereocenters. The van der Waals surface area contributed by atoms with E-state index in [1.165, 1.54) is 27.7 Å². The maximum atomic E-state index is 16.4. The van der Waals surface area contributed by atoms with Gasteiger partial charge in [0.1, 0.15) is 22.4 Å². The number of hydrogen-bond acceptors (Lipinski definition) is 7. The molecule has 0 N–H and O–H groups in total. The van der Waals surface area contributed by atoms with E-state index < -0.39 is 35.5 Å². The number of aromatic nitrogens is 6. The first-order valence-corrected chi connectivity index (χ1v) is 14.9. The Morgan fingerprint density at radius 2 is 1.66 bits per heavy atom. The highest BCUT2D eigenvalue weighted by molar-refractivity contribution is 6.54. The standard InChI is InChI=1S/C31H32BClF2N6O3/c1-15-12-37-24(19-9-10-36-26(22(19)34)41-18(4)38-17(3)39-41)23(35)25(15)40-16(2)11-20(21(33)27(40)42)30-13-31(30,14-30)32-43-28(5,6)29(7,8)44-32/h9-12H,13-14H2,1-8H3. The zero-order valence-corrected chi connectivity index (χ0v) is 26.6. The summed E-state index contributed by atoms with van der Waals surface area (Å²) in [6, 6.07) is 3.19. The lowest BCUT2D eigenvalue weighted by Gasteiger charge is -2.32. The van der Waals surface area contributed by atoms with Gasteiger partial charge in [-0.2, -0.15) is 4.68 Å². The maximum absolute atomic E-state index is 16.4. The van der Waals surface area contributed by atoms with Crippen molar-refractivity contribution in [1.82, 2.24) is 29.3 Å². The third-order valence-electron chi connectivity index (χ3n) is 10.1. The van der Waals surface area contributed by atoms with Gasteiger partial charge in [0.25, 0.3) is 5.56 Å². The number of aryl methyl sites for hydroxylation is 4. The minimum absolute atomic E-state index is 0.0260. The molecule has 3 aliphatic rings. The lowest BCUT2D eigenvalue weighted by Crippen LogP contribution is -2.41. The van der Waals surface area contributed by atoms with Crippen LogP contribution in [0.15, 0.2) is 29.3 Å². The number of nitrogens with zero attached hydrogens (tertiary/aromatic N) is 6. The molecule has 1 saturated heterocycles. The smallest absolute Gasteiger partial charge is 0.403 e. The molecule has 2 saturated carbocycles. The van der Waals surface area contributed by atoms with Gasteiger partial charge in [-0.25, -0.2) is 18.7 Å². The van der Waals surface area contributed by atoms with Crippen molar-refractivity contribution in [2.75, 3.05) is 0 Å². The fourth-order valence-corrected chi connectivity index (χ4v) is 7.02. The van der Waals surface area contributed by atoms with Crippen LogP contribution in [0.4, 0.5) is 8.78 Å². The van der Waals surface area contributed by atoms with Crippen LogP contribution in [-0.4, -0.2) is 47.6 Å². The summed E-state index contributed by atoms with van der Waals surface area (Å²) in [5, 5.41) is 3.99. The fourth-order valence-electron chi connectivity index (χ4n) is 6.70. The van der Waals surface area contributed by atoms with Crippen molar-refractivity contribution in [3.8, 4) is 22.8 Å². The predicted octanol–water partition coefficient (Wildman–Crippen LogP) is 5.92. The molecule has 1 aliphatic heterocycles. The zero-order chi connectivity index (χ0) is 31.7. The average molecular weight is 621 g/mol. The molecule has 7 rings (SSSR count). The minimum atomic E-state index is -0.857. The highest BCUT2D eigenvalue weighted by atomic mass is 35.5. The van der Waals surface area contributed by atoms with Gasteiger partial charge in [0, 0.05) is 34.4 Å². The normalized spacial score (nSPS) is 24.5. The Bertz CT molecular complexity index is 1950. The summed E-state index contributed by atoms with van der Waals surface area (Å²) in [6.07, 6.45) is 4.35. The van der Waals surface area contributed by atoms with E-state index >= 15 is 8.78 Å². The van der Waals surface area contributed by atoms with Gasteiger partial charge in [-0.1, -0.05) is 11.6 Å². The Morgan fingerprint density at radius 3 is 2.27 bits per heavy atom. The largest absolute Gasteiger partial charge is 0.465 e. The lowest BCUT2D eigenvalue weighted by atomic mass is 9.74. The zero-order valence-electron chi connectivity index (χ0n) is 25.8. The molecule has 5 heterocycles. The molecular formula is C31H32BClF2N6O3. The van der Waals surface area contributed by atoms with E-state index in [0.29, 0.717) is 22.9 Å². The van der Waals surface area contributed by atoms with Gasteiger partial charge in [-0.05, 0) is 91.5 Å². The van der Waals surface area contributed by atoms with Gasteiger partial charge in [0.05, 0.1) is 16.9 Å². The average Bonchev–Trinajstić information content (AvgIpc) is 3.71. The summed E-state index contributed by atoms with van der Waals surface area (Å²) in [4.78, 5) is 26.5. The van der Waals surface area contributed by atoms with Crippen molar-refractivity contribution in [3.63, 3.8) is 0 Å². The van der Waals surface area contributed by atoms with Gasteiger partial charge >= 0.3 is 7.12 Å². The third-order valence-corrected chi connectivity index (χ3v) is 10.5. The van der Waals surface area contributed by atoms with E-state index in [2.05, 4.69) is 20.1 Å². The molecule has 0 bridgehead atoms. The van der Waals surface area contributed by atoms with Crippen molar-refractivity contribution in [1.29, 1.82) is 0 Å². The van der Waals surface area contributed by atoms with Crippen molar-refractivity contribution in [3.05, 3.63) is 80.0 Å². The van der Waals surface area contributed by atoms with Crippen LogP contribution in [0.25, 0.3) is 22.8 Å². The second-order valence-electron chi connectivity index (χ2n) is 13.4. The van der Waals surface area contributed by atoms with Gasteiger partial charge < -0.3 is 9.31 Å². The third kappa shape index (κ3) is 3.80. The van der Waals surface area contributed by atoms with E-state index in [1.54, 1.807) is 27.7 Å². The maximum Gasteiger partial charge on any atom is 0.465 e. The molecule has 0 unspecified atom stereocenters. The Hall–Kier alpha value is -3.48. The molecule has 44 heavy (non-hydrogen) atoms. The number of fused-ring (bicyclic) bond motifs is 1. The first-order valence-electron chi connectivity index (χ1n) is 14.5. The van der Waals surface area contributed by atoms with Crippen LogP contribution in [0.3, 0.4) is 0 Å². The number of pyridine rings is 3. The van der Waals surface area contributed by atoms with E-state index in [0.717, 1.165) is 18.4 Å². The summed E-state index contributed by atoms with van der Waals surface area (Å²) >= 11 is 6.81. The van der Waals surface area contributed by atoms with Crippen LogP contribution in [0.5, 0.6) is 0 Å². The Kier molecular flexibility index (Phi) is 6.01. The Balaban J connectivity index is 1.29. The first kappa shape index (κ1) is 29.2. The van der Waals surface area contributed by atoms with Crippen molar-refractivity contribution in [2.24, 2.45) is 0 Å². The predicted molar refractivity (Wildman–Crippen MR) is 162 cm³/mol. The molecular weight excluding hydrogens is 589 g/mol. The second-order valence-corrected chi connectivity index (χ2v) is 13.8. The van der Waals surface area contributed by atoms with Gasteiger partial charge in [0.2, 0.25) is 0 Å². The van der Waals surface area contributed by atoms with E-state index in [-0.39, 0.29) is 38.5 Å². The van der Waals surface area contributed by atoms with Crippen LogP contribution < -0.4 is 5.56 Å². The van der Waals surface area contributed by atoms with Gasteiger partial charge in [-0.15, -0.1) is 5.10 Å². The minimum Gasteiger partial charge on any atom is -0.403 e. The van der Waals surface area contributed by atoms with Gasteiger partial charge in [-0.3, -0.25) is 14.3 Å². The summed E-state index contributed by atoms with van der Waals surface area (Å²) in [5.41, 5.74) is -0.644. The van der Waals surface area contributed by atoms with Crippen molar-refractivity contribution < 1.29 is 18.1 Å². The highest BCUT2D eigenvalue weighted by Gasteiger charge is 2.91. The number of halogens is 3. The molecule has 0 aromatic carbocycles. The summed E-state index contributed by atoms with van der Waals surface area (Å²) in [7, 11) is -0.404. The number of hydrogen-bond donors (Lipinski definition) is 0. The molecule has 9 nitrogen and oxygen atoms in total. The molecule has 0 radical (unpaired) electrons. The SMILES string of the molecule is Cc1nc(C)n(-c2nccc(-c3ncc(C)c(-n4c(C)cc(C56CC5(B5OC(C)(C)C(C)(C)O5)C6)c(Cl)c4=O)c3F)c2F)n1. The Morgan fingerprint density at radius 1 is 1.00 bits per heavy atom. The van der Waals surface area contributed by atoms with Gasteiger partial charge in [0.15, 0.2) is 17.5 Å². The fraction of sp³-hybridized carbons (Fsp3) is 0.452. The molecule has 0 amide bonds. The summed E-state index contributed by atoms with van der Waals surface area (Å²) in [5.74, 6) is -0.946. The molecule has 2 aliphatic carbocycles. The van der Waals surface area contributed by atoms with Crippen LogP contribution >= 0.6 is 11.6 Å². The van der Waals surface area contributed by atoms with Crippen molar-refractivity contribution in [2.45, 2.75) is 90.2 Å². The summed E-state index contributed by atoms with van der Waals surface area (Å²) < 4.78 is 47.5. The van der Waals surface area contributed by atoms with Crippen LogP contribution in [-0.2, 0) is 14.7 Å². The molecule has 4 aromatic heterocycles. The molecule has 3 fully saturated rings. The Labute approximate surface area is 258 Å². The van der Waals surface area contributed by atoms with E-state index in [1.807, 2.05) is 33.8 Å². The lowest BCUT2D eigenvalue weighted by molar-refractivity contribution is 0.00578.